The molecule has 106 valence electrons. The van der Waals surface area contributed by atoms with E-state index in [0.717, 1.165) is 22.5 Å². The Bertz CT molecular complexity index is 932. The third-order valence-electron chi connectivity index (χ3n) is 3.30. The number of pyridine rings is 1. The van der Waals surface area contributed by atoms with Crippen LogP contribution >= 0.6 is 0 Å². The molecule has 22 heavy (non-hydrogen) atoms. The van der Waals surface area contributed by atoms with Crippen LogP contribution in [0.15, 0.2) is 55.4 Å². The van der Waals surface area contributed by atoms with E-state index in [1.165, 1.54) is 6.33 Å². The van der Waals surface area contributed by atoms with Gasteiger partial charge in [-0.05, 0) is 18.2 Å². The highest BCUT2D eigenvalue weighted by Gasteiger charge is 2.15. The van der Waals surface area contributed by atoms with E-state index >= 15 is 0 Å². The van der Waals surface area contributed by atoms with E-state index < -0.39 is 0 Å². The Morgan fingerprint density at radius 1 is 0.955 bits per heavy atom. The number of hydrogen-bond acceptors (Lipinski definition) is 6. The first-order valence-corrected chi connectivity index (χ1v) is 6.64. The number of hydrogen-bond donors (Lipinski definition) is 1. The van der Waals surface area contributed by atoms with Crippen molar-refractivity contribution in [1.82, 2.24) is 29.5 Å². The summed E-state index contributed by atoms with van der Waals surface area (Å²) in [6.07, 6.45) is 8.48. The zero-order valence-electron chi connectivity index (χ0n) is 11.5. The van der Waals surface area contributed by atoms with Crippen LogP contribution in [0.5, 0.6) is 0 Å². The molecule has 0 saturated carbocycles. The molecule has 7 nitrogen and oxygen atoms in total. The SMILES string of the molecule is Nc1nn2cc(-c3ccncn3)cnc2c1-c1ccccn1. The zero-order chi connectivity index (χ0) is 14.9. The van der Waals surface area contributed by atoms with Crippen LogP contribution < -0.4 is 5.73 Å². The number of aromatic nitrogens is 6. The molecule has 7 heteroatoms. The predicted molar refractivity (Wildman–Crippen MR) is 81.7 cm³/mol. The van der Waals surface area contributed by atoms with Gasteiger partial charge in [0.05, 0.1) is 17.0 Å². The normalized spacial score (nSPS) is 10.9. The number of anilines is 1. The quantitative estimate of drug-likeness (QED) is 0.605. The van der Waals surface area contributed by atoms with E-state index in [0.29, 0.717) is 11.5 Å². The lowest BCUT2D eigenvalue weighted by Gasteiger charge is -2.01. The molecule has 0 aromatic carbocycles. The maximum absolute atomic E-state index is 6.04. The maximum atomic E-state index is 6.04. The van der Waals surface area contributed by atoms with Gasteiger partial charge in [-0.2, -0.15) is 0 Å². The average molecular weight is 289 g/mol. The summed E-state index contributed by atoms with van der Waals surface area (Å²) in [6, 6.07) is 7.45. The van der Waals surface area contributed by atoms with Crippen LogP contribution in [0.2, 0.25) is 0 Å². The van der Waals surface area contributed by atoms with Gasteiger partial charge in [-0.3, -0.25) is 4.98 Å². The molecule has 0 amide bonds. The first-order chi connectivity index (χ1) is 10.8. The van der Waals surface area contributed by atoms with Crippen molar-refractivity contribution >= 4 is 11.5 Å². The number of fused-ring (bicyclic) bond motifs is 1. The van der Waals surface area contributed by atoms with Crippen LogP contribution in [0.4, 0.5) is 5.82 Å². The van der Waals surface area contributed by atoms with Gasteiger partial charge in [0.15, 0.2) is 11.5 Å². The molecule has 4 heterocycles. The molecular weight excluding hydrogens is 278 g/mol. The van der Waals surface area contributed by atoms with Crippen molar-refractivity contribution in [1.29, 1.82) is 0 Å². The summed E-state index contributed by atoms with van der Waals surface area (Å²) in [4.78, 5) is 16.9. The molecule has 0 atom stereocenters. The molecule has 0 fully saturated rings. The van der Waals surface area contributed by atoms with Crippen molar-refractivity contribution in [3.63, 3.8) is 0 Å². The van der Waals surface area contributed by atoms with E-state index in [1.807, 2.05) is 30.5 Å². The van der Waals surface area contributed by atoms with E-state index in [4.69, 9.17) is 5.73 Å². The smallest absolute Gasteiger partial charge is 0.166 e. The minimum Gasteiger partial charge on any atom is -0.382 e. The lowest BCUT2D eigenvalue weighted by molar-refractivity contribution is 0.945. The van der Waals surface area contributed by atoms with Gasteiger partial charge in [0.1, 0.15) is 6.33 Å². The molecule has 0 bridgehead atoms. The predicted octanol–water partition coefficient (Wildman–Crippen LogP) is 1.83. The fourth-order valence-electron chi connectivity index (χ4n) is 2.30. The average Bonchev–Trinajstić information content (AvgIpc) is 2.91. The van der Waals surface area contributed by atoms with Crippen LogP contribution in [-0.4, -0.2) is 29.5 Å². The van der Waals surface area contributed by atoms with Crippen molar-refractivity contribution < 1.29 is 0 Å². The first kappa shape index (κ1) is 12.4. The summed E-state index contributed by atoms with van der Waals surface area (Å²) in [6.45, 7) is 0. The summed E-state index contributed by atoms with van der Waals surface area (Å²) in [7, 11) is 0. The van der Waals surface area contributed by atoms with Gasteiger partial charge in [-0.1, -0.05) is 6.07 Å². The lowest BCUT2D eigenvalue weighted by atomic mass is 10.2. The second-order valence-electron chi connectivity index (χ2n) is 4.68. The van der Waals surface area contributed by atoms with Gasteiger partial charge >= 0.3 is 0 Å². The molecule has 2 N–H and O–H groups in total. The number of rotatable bonds is 2. The molecule has 4 rings (SSSR count). The minimum atomic E-state index is 0.394. The number of nitrogen functional groups attached to an aromatic ring is 1. The van der Waals surface area contributed by atoms with Crippen molar-refractivity contribution in [2.24, 2.45) is 0 Å². The van der Waals surface area contributed by atoms with E-state index in [2.05, 4.69) is 25.0 Å². The highest BCUT2D eigenvalue weighted by molar-refractivity contribution is 5.84. The molecule has 4 aromatic heterocycles. The maximum Gasteiger partial charge on any atom is 0.166 e. The summed E-state index contributed by atoms with van der Waals surface area (Å²) >= 11 is 0. The molecular formula is C15H11N7. The molecule has 0 spiro atoms. The Labute approximate surface area is 125 Å². The van der Waals surface area contributed by atoms with Crippen molar-refractivity contribution in [3.05, 3.63) is 55.4 Å². The van der Waals surface area contributed by atoms with Crippen molar-refractivity contribution in [2.45, 2.75) is 0 Å². The Hall–Kier alpha value is -3.35. The van der Waals surface area contributed by atoms with Gasteiger partial charge in [0, 0.05) is 30.4 Å². The fraction of sp³-hybridized carbons (Fsp3) is 0. The fourth-order valence-corrected chi connectivity index (χ4v) is 2.30. The third-order valence-corrected chi connectivity index (χ3v) is 3.30. The monoisotopic (exact) mass is 289 g/mol. The minimum absolute atomic E-state index is 0.394. The second kappa shape index (κ2) is 4.88. The topological polar surface area (TPSA) is 94.9 Å². The van der Waals surface area contributed by atoms with Gasteiger partial charge in [0.25, 0.3) is 0 Å². The molecule has 0 saturated heterocycles. The van der Waals surface area contributed by atoms with Crippen molar-refractivity contribution in [3.8, 4) is 22.5 Å². The number of nitrogens with zero attached hydrogens (tertiary/aromatic N) is 6. The zero-order valence-corrected chi connectivity index (χ0v) is 11.5. The van der Waals surface area contributed by atoms with Gasteiger partial charge in [-0.25, -0.2) is 19.5 Å². The molecule has 0 unspecified atom stereocenters. The molecule has 0 aliphatic heterocycles. The largest absolute Gasteiger partial charge is 0.382 e. The Kier molecular flexibility index (Phi) is 2.75. The molecule has 0 radical (unpaired) electrons. The van der Waals surface area contributed by atoms with Crippen molar-refractivity contribution in [2.75, 3.05) is 5.73 Å². The Balaban J connectivity index is 1.90. The highest BCUT2D eigenvalue weighted by Crippen LogP contribution is 2.28. The molecule has 0 aliphatic carbocycles. The van der Waals surface area contributed by atoms with Crippen LogP contribution in [-0.2, 0) is 0 Å². The van der Waals surface area contributed by atoms with E-state index in [9.17, 15) is 0 Å². The van der Waals surface area contributed by atoms with Crippen LogP contribution in [0, 0.1) is 0 Å². The standard InChI is InChI=1S/C15H11N7/c16-14-13(12-3-1-2-5-18-12)15-19-7-10(8-22(15)21-14)11-4-6-17-9-20-11/h1-9H,(H2,16,21). The second-order valence-corrected chi connectivity index (χ2v) is 4.68. The highest BCUT2D eigenvalue weighted by atomic mass is 15.3. The third kappa shape index (κ3) is 1.96. The van der Waals surface area contributed by atoms with E-state index in [1.54, 1.807) is 23.1 Å². The van der Waals surface area contributed by atoms with Gasteiger partial charge in [-0.15, -0.1) is 5.10 Å². The van der Waals surface area contributed by atoms with Crippen LogP contribution in [0.1, 0.15) is 0 Å². The lowest BCUT2D eigenvalue weighted by Crippen LogP contribution is -1.93. The summed E-state index contributed by atoms with van der Waals surface area (Å²) < 4.78 is 1.65. The first-order valence-electron chi connectivity index (χ1n) is 6.64. The summed E-state index contributed by atoms with van der Waals surface area (Å²) in [5.41, 5.74) is 9.79. The van der Waals surface area contributed by atoms with Gasteiger partial charge in [0.2, 0.25) is 0 Å². The Morgan fingerprint density at radius 2 is 1.91 bits per heavy atom. The summed E-state index contributed by atoms with van der Waals surface area (Å²) in [5.74, 6) is 0.394. The Morgan fingerprint density at radius 3 is 2.68 bits per heavy atom. The van der Waals surface area contributed by atoms with Crippen LogP contribution in [0.25, 0.3) is 28.2 Å². The molecule has 4 aromatic rings. The van der Waals surface area contributed by atoms with E-state index in [-0.39, 0.29) is 0 Å². The number of nitrogens with two attached hydrogens (primary N) is 1. The summed E-state index contributed by atoms with van der Waals surface area (Å²) in [5, 5.41) is 4.32. The van der Waals surface area contributed by atoms with Gasteiger partial charge < -0.3 is 5.73 Å². The van der Waals surface area contributed by atoms with Crippen LogP contribution in [0.3, 0.4) is 0 Å². The molecule has 0 aliphatic rings.